The van der Waals surface area contributed by atoms with Gasteiger partial charge >= 0.3 is 0 Å². The zero-order valence-electron chi connectivity index (χ0n) is 13.3. The first-order chi connectivity index (χ1) is 10.2. The van der Waals surface area contributed by atoms with E-state index in [-0.39, 0.29) is 0 Å². The molecule has 0 bridgehead atoms. The lowest BCUT2D eigenvalue weighted by molar-refractivity contribution is 0.407. The summed E-state index contributed by atoms with van der Waals surface area (Å²) in [6.07, 6.45) is 9.37. The van der Waals surface area contributed by atoms with Crippen molar-refractivity contribution in [1.29, 1.82) is 0 Å². The van der Waals surface area contributed by atoms with E-state index >= 15 is 0 Å². The van der Waals surface area contributed by atoms with Crippen molar-refractivity contribution < 1.29 is 4.74 Å². The summed E-state index contributed by atoms with van der Waals surface area (Å²) in [7, 11) is 1.66. The smallest absolute Gasteiger partial charge is 0.137 e. The molecule has 118 valence electrons. The van der Waals surface area contributed by atoms with Crippen LogP contribution in [0.2, 0.25) is 5.02 Å². The van der Waals surface area contributed by atoms with Crippen molar-refractivity contribution in [3.63, 3.8) is 0 Å². The second-order valence-corrected chi connectivity index (χ2v) is 6.54. The van der Waals surface area contributed by atoms with Gasteiger partial charge in [-0.3, -0.25) is 0 Å². The summed E-state index contributed by atoms with van der Waals surface area (Å²) in [5.74, 6) is 1.69. The fourth-order valence-corrected chi connectivity index (χ4v) is 3.57. The molecule has 0 heterocycles. The van der Waals surface area contributed by atoms with E-state index in [1.807, 2.05) is 6.07 Å². The molecule has 1 aliphatic rings. The fraction of sp³-hybridized carbons (Fsp3) is 0.667. The van der Waals surface area contributed by atoms with Crippen molar-refractivity contribution in [3.05, 3.63) is 28.8 Å². The summed E-state index contributed by atoms with van der Waals surface area (Å²) in [5, 5.41) is 4.38. The Kier molecular flexibility index (Phi) is 6.85. The second kappa shape index (κ2) is 8.65. The molecule has 0 saturated heterocycles. The number of hydrogen-bond donors (Lipinski definition) is 1. The molecule has 0 aliphatic heterocycles. The summed E-state index contributed by atoms with van der Waals surface area (Å²) in [6, 6.07) is 6.59. The van der Waals surface area contributed by atoms with Gasteiger partial charge in [-0.2, -0.15) is 0 Å². The summed E-state index contributed by atoms with van der Waals surface area (Å²) in [6.45, 7) is 3.26. The average Bonchev–Trinajstić information content (AvgIpc) is 3.00. The van der Waals surface area contributed by atoms with Crippen LogP contribution in [0.5, 0.6) is 5.75 Å². The van der Waals surface area contributed by atoms with Crippen LogP contribution in [0, 0.1) is 5.92 Å². The zero-order valence-corrected chi connectivity index (χ0v) is 14.1. The van der Waals surface area contributed by atoms with Crippen molar-refractivity contribution in [2.75, 3.05) is 13.7 Å². The maximum absolute atomic E-state index is 6.28. The third-order valence-corrected chi connectivity index (χ3v) is 4.85. The normalized spacial score (nSPS) is 17.1. The van der Waals surface area contributed by atoms with Crippen molar-refractivity contribution >= 4 is 11.6 Å². The zero-order chi connectivity index (χ0) is 15.1. The molecule has 2 rings (SSSR count). The number of methoxy groups -OCH3 is 1. The van der Waals surface area contributed by atoms with Gasteiger partial charge in [0.05, 0.1) is 12.1 Å². The highest BCUT2D eigenvalue weighted by Gasteiger charge is 2.18. The van der Waals surface area contributed by atoms with Gasteiger partial charge in [0.15, 0.2) is 0 Å². The van der Waals surface area contributed by atoms with Crippen molar-refractivity contribution in [3.8, 4) is 5.75 Å². The van der Waals surface area contributed by atoms with Gasteiger partial charge in [0.1, 0.15) is 5.75 Å². The van der Waals surface area contributed by atoms with Crippen LogP contribution >= 0.6 is 11.6 Å². The molecule has 1 aromatic carbocycles. The molecule has 0 aromatic heterocycles. The number of ether oxygens (including phenoxy) is 1. The summed E-state index contributed by atoms with van der Waals surface area (Å²) in [5.41, 5.74) is 1.28. The summed E-state index contributed by atoms with van der Waals surface area (Å²) >= 11 is 6.28. The minimum absolute atomic E-state index is 0.411. The summed E-state index contributed by atoms with van der Waals surface area (Å²) < 4.78 is 5.25. The average molecular weight is 310 g/mol. The van der Waals surface area contributed by atoms with Crippen LogP contribution in [0.1, 0.15) is 63.5 Å². The maximum Gasteiger partial charge on any atom is 0.137 e. The number of benzene rings is 1. The van der Waals surface area contributed by atoms with E-state index in [0.717, 1.165) is 24.6 Å². The Labute approximate surface area is 134 Å². The Bertz CT molecular complexity index is 429. The molecule has 1 unspecified atom stereocenters. The molecule has 0 amide bonds. The predicted molar refractivity (Wildman–Crippen MR) is 90.2 cm³/mol. The van der Waals surface area contributed by atoms with E-state index in [2.05, 4.69) is 24.4 Å². The predicted octanol–water partition coefficient (Wildman–Crippen LogP) is 5.36. The third kappa shape index (κ3) is 4.89. The monoisotopic (exact) mass is 309 g/mol. The van der Waals surface area contributed by atoms with Gasteiger partial charge in [0.25, 0.3) is 0 Å². The topological polar surface area (TPSA) is 21.3 Å². The van der Waals surface area contributed by atoms with Crippen molar-refractivity contribution in [1.82, 2.24) is 5.32 Å². The molecule has 1 fully saturated rings. The van der Waals surface area contributed by atoms with E-state index in [4.69, 9.17) is 16.3 Å². The van der Waals surface area contributed by atoms with E-state index < -0.39 is 0 Å². The molecule has 0 spiro atoms. The lowest BCUT2D eigenvalue weighted by Crippen LogP contribution is -2.22. The van der Waals surface area contributed by atoms with Crippen LogP contribution in [0.25, 0.3) is 0 Å². The maximum atomic E-state index is 6.28. The molecule has 21 heavy (non-hydrogen) atoms. The van der Waals surface area contributed by atoms with Gasteiger partial charge in [-0.1, -0.05) is 50.3 Å². The molecular weight excluding hydrogens is 282 g/mol. The van der Waals surface area contributed by atoms with Crippen LogP contribution in [0.3, 0.4) is 0 Å². The fourth-order valence-electron chi connectivity index (χ4n) is 3.31. The lowest BCUT2D eigenvalue weighted by Gasteiger charge is -2.21. The minimum atomic E-state index is 0.411. The van der Waals surface area contributed by atoms with Crippen LogP contribution < -0.4 is 10.1 Å². The molecule has 1 aromatic rings. The summed E-state index contributed by atoms with van der Waals surface area (Å²) in [4.78, 5) is 0. The molecule has 1 saturated carbocycles. The van der Waals surface area contributed by atoms with Crippen LogP contribution in [0.4, 0.5) is 0 Å². The Morgan fingerprint density at radius 3 is 2.71 bits per heavy atom. The molecule has 0 radical (unpaired) electrons. The van der Waals surface area contributed by atoms with Gasteiger partial charge in [-0.15, -0.1) is 0 Å². The molecule has 1 N–H and O–H groups in total. The van der Waals surface area contributed by atoms with Gasteiger partial charge < -0.3 is 10.1 Å². The van der Waals surface area contributed by atoms with Gasteiger partial charge in [0, 0.05) is 6.04 Å². The number of hydrogen-bond acceptors (Lipinski definition) is 2. The molecule has 2 nitrogen and oxygen atoms in total. The van der Waals surface area contributed by atoms with Crippen molar-refractivity contribution in [2.24, 2.45) is 5.92 Å². The largest absolute Gasteiger partial charge is 0.495 e. The Balaban J connectivity index is 2.01. The van der Waals surface area contributed by atoms with Gasteiger partial charge in [-0.05, 0) is 49.4 Å². The second-order valence-electron chi connectivity index (χ2n) is 6.13. The van der Waals surface area contributed by atoms with Crippen LogP contribution in [-0.4, -0.2) is 13.7 Å². The van der Waals surface area contributed by atoms with E-state index in [0.29, 0.717) is 11.1 Å². The number of rotatable bonds is 8. The van der Waals surface area contributed by atoms with Gasteiger partial charge in [0.2, 0.25) is 0 Å². The molecule has 1 aliphatic carbocycles. The standard InChI is InChI=1S/C18H28ClNO/c1-3-12-20-17(10-8-14-6-4-5-7-14)15-9-11-18(21-2)16(19)13-15/h9,11,13-14,17,20H,3-8,10,12H2,1-2H3. The minimum Gasteiger partial charge on any atom is -0.495 e. The quantitative estimate of drug-likeness (QED) is 0.698. The van der Waals surface area contributed by atoms with Crippen LogP contribution in [-0.2, 0) is 0 Å². The highest BCUT2D eigenvalue weighted by Crippen LogP contribution is 2.33. The van der Waals surface area contributed by atoms with E-state index in [1.165, 1.54) is 44.1 Å². The van der Waals surface area contributed by atoms with Gasteiger partial charge in [-0.25, -0.2) is 0 Å². The molecule has 3 heteroatoms. The lowest BCUT2D eigenvalue weighted by atomic mass is 9.94. The van der Waals surface area contributed by atoms with Crippen molar-refractivity contribution in [2.45, 2.75) is 57.9 Å². The number of halogens is 1. The first-order valence-electron chi connectivity index (χ1n) is 8.31. The Morgan fingerprint density at radius 2 is 2.10 bits per heavy atom. The SMILES string of the molecule is CCCNC(CCC1CCCC1)c1ccc(OC)c(Cl)c1. The van der Waals surface area contributed by atoms with Crippen LogP contribution in [0.15, 0.2) is 18.2 Å². The highest BCUT2D eigenvalue weighted by molar-refractivity contribution is 6.32. The number of nitrogens with one attached hydrogen (secondary N) is 1. The van der Waals surface area contributed by atoms with E-state index in [1.54, 1.807) is 7.11 Å². The molecular formula is C18H28ClNO. The Morgan fingerprint density at radius 1 is 1.33 bits per heavy atom. The molecule has 1 atom stereocenters. The van der Waals surface area contributed by atoms with E-state index in [9.17, 15) is 0 Å². The first kappa shape index (κ1) is 16.6. The highest BCUT2D eigenvalue weighted by atomic mass is 35.5. The first-order valence-corrected chi connectivity index (χ1v) is 8.69. The Hall–Kier alpha value is -0.730. The third-order valence-electron chi connectivity index (χ3n) is 4.56.